The Hall–Kier alpha value is 0.0549. The van der Waals surface area contributed by atoms with Crippen molar-refractivity contribution < 1.29 is 33.9 Å². The molecule has 5 N–H and O–H groups in total. The molecular weight excluding hydrogens is 166 g/mol. The second kappa shape index (κ2) is 5.81. The fourth-order valence-corrected chi connectivity index (χ4v) is 0. The van der Waals surface area contributed by atoms with E-state index < -0.39 is 15.1 Å². The van der Waals surface area contributed by atoms with Crippen LogP contribution in [0.3, 0.4) is 0 Å². The van der Waals surface area contributed by atoms with Crippen LogP contribution in [0.15, 0.2) is 0 Å². The van der Waals surface area contributed by atoms with Crippen molar-refractivity contribution in [3.05, 3.63) is 0 Å². The van der Waals surface area contributed by atoms with Crippen LogP contribution >= 0.6 is 7.82 Å². The standard InChI is InChI=1S/CH5O4P.BH3O3/c1-5-6(2,3)4;2-1(3)4/h1H3,(H2,2,3,4);2-4H. The fourth-order valence-electron chi connectivity index (χ4n) is 0. The Morgan fingerprint density at radius 2 is 1.40 bits per heavy atom. The molecule has 0 atom stereocenters. The lowest BCUT2D eigenvalue weighted by molar-refractivity contribution is 0.235. The Bertz CT molecular complexity index is 103. The number of rotatable bonds is 1. The molecule has 0 aromatic carbocycles. The molecule has 0 radical (unpaired) electrons. The van der Waals surface area contributed by atoms with Gasteiger partial charge in [0.25, 0.3) is 0 Å². The predicted octanol–water partition coefficient (Wildman–Crippen LogP) is -2.33. The van der Waals surface area contributed by atoms with E-state index in [0.717, 1.165) is 7.11 Å². The molecule has 62 valence electrons. The van der Waals surface area contributed by atoms with Crippen LogP contribution in [0.1, 0.15) is 0 Å². The van der Waals surface area contributed by atoms with Crippen LogP contribution in [-0.2, 0) is 9.09 Å². The molecule has 0 aliphatic carbocycles. The molecule has 10 heavy (non-hydrogen) atoms. The summed E-state index contributed by atoms with van der Waals surface area (Å²) in [4.78, 5) is 15.4. The van der Waals surface area contributed by atoms with Gasteiger partial charge in [-0.3, -0.25) is 4.52 Å². The van der Waals surface area contributed by atoms with E-state index >= 15 is 0 Å². The second-order valence-corrected chi connectivity index (χ2v) is 2.37. The molecule has 0 aliphatic heterocycles. The van der Waals surface area contributed by atoms with E-state index in [0.29, 0.717) is 0 Å². The number of phosphoric acid groups is 1. The third kappa shape index (κ3) is 43.0. The van der Waals surface area contributed by atoms with Gasteiger partial charge in [-0.25, -0.2) is 4.57 Å². The zero-order valence-electron chi connectivity index (χ0n) is 5.08. The minimum atomic E-state index is -4.15. The van der Waals surface area contributed by atoms with Crippen molar-refractivity contribution >= 4 is 15.1 Å². The van der Waals surface area contributed by atoms with E-state index in [4.69, 9.17) is 24.9 Å². The van der Waals surface area contributed by atoms with Gasteiger partial charge in [-0.2, -0.15) is 0 Å². The van der Waals surface area contributed by atoms with Gasteiger partial charge in [0.1, 0.15) is 0 Å². The Kier molecular flexibility index (Phi) is 7.38. The maximum absolute atomic E-state index is 9.47. The summed E-state index contributed by atoms with van der Waals surface area (Å²) >= 11 is 0. The first-order chi connectivity index (χ1) is 4.29. The monoisotopic (exact) mass is 174 g/mol. The molecule has 9 heteroatoms. The fraction of sp³-hybridized carbons (Fsp3) is 1.00. The summed E-state index contributed by atoms with van der Waals surface area (Å²) in [5.41, 5.74) is 0. The van der Waals surface area contributed by atoms with E-state index in [9.17, 15) is 4.57 Å². The highest BCUT2D eigenvalue weighted by Gasteiger charge is 2.07. The van der Waals surface area contributed by atoms with Crippen molar-refractivity contribution in [1.82, 2.24) is 0 Å². The van der Waals surface area contributed by atoms with Crippen LogP contribution in [0, 0.1) is 0 Å². The van der Waals surface area contributed by atoms with Gasteiger partial charge in [0.2, 0.25) is 0 Å². The average Bonchev–Trinajstić information content (AvgIpc) is 1.63. The van der Waals surface area contributed by atoms with E-state index in [1.54, 1.807) is 0 Å². The maximum atomic E-state index is 9.47. The second-order valence-electron chi connectivity index (χ2n) is 1.02. The van der Waals surface area contributed by atoms with Crippen molar-refractivity contribution in [2.24, 2.45) is 0 Å². The molecular formula is CH8BO7P. The molecule has 0 saturated heterocycles. The quantitative estimate of drug-likeness (QED) is 0.223. The van der Waals surface area contributed by atoms with Crippen molar-refractivity contribution in [3.8, 4) is 0 Å². The summed E-state index contributed by atoms with van der Waals surface area (Å²) in [6.45, 7) is 0. The third-order valence-electron chi connectivity index (χ3n) is 0.238. The van der Waals surface area contributed by atoms with Crippen LogP contribution < -0.4 is 0 Å². The molecule has 0 heterocycles. The summed E-state index contributed by atoms with van der Waals surface area (Å²) in [6.07, 6.45) is 0. The van der Waals surface area contributed by atoms with Gasteiger partial charge in [-0.05, 0) is 0 Å². The Balaban J connectivity index is 0. The van der Waals surface area contributed by atoms with Gasteiger partial charge in [0.15, 0.2) is 0 Å². The van der Waals surface area contributed by atoms with E-state index in [1.165, 1.54) is 0 Å². The lowest BCUT2D eigenvalue weighted by Crippen LogP contribution is -2.07. The molecule has 0 fully saturated rings. The zero-order valence-corrected chi connectivity index (χ0v) is 5.97. The normalized spacial score (nSPS) is 9.80. The Morgan fingerprint density at radius 3 is 1.40 bits per heavy atom. The topological polar surface area (TPSA) is 127 Å². The van der Waals surface area contributed by atoms with Gasteiger partial charge in [0.05, 0.1) is 0 Å². The first kappa shape index (κ1) is 12.7. The van der Waals surface area contributed by atoms with Crippen molar-refractivity contribution in [2.45, 2.75) is 0 Å². The molecule has 0 amide bonds. The summed E-state index contributed by atoms with van der Waals surface area (Å²) in [5, 5.41) is 21.5. The van der Waals surface area contributed by atoms with Gasteiger partial charge in [-0.1, -0.05) is 0 Å². The Labute approximate surface area is 57.3 Å². The number of phosphoric ester groups is 1. The summed E-state index contributed by atoms with van der Waals surface area (Å²) in [5.74, 6) is 0. The van der Waals surface area contributed by atoms with Crippen molar-refractivity contribution in [1.29, 1.82) is 0 Å². The highest BCUT2D eigenvalue weighted by Crippen LogP contribution is 2.33. The Morgan fingerprint density at radius 1 is 1.30 bits per heavy atom. The van der Waals surface area contributed by atoms with Gasteiger partial charge < -0.3 is 24.9 Å². The molecule has 0 rings (SSSR count). The largest absolute Gasteiger partial charge is 0.631 e. The summed E-state index contributed by atoms with van der Waals surface area (Å²) in [6, 6.07) is 0. The van der Waals surface area contributed by atoms with Crippen LogP contribution in [0.4, 0.5) is 0 Å². The molecule has 0 aromatic heterocycles. The minimum absolute atomic E-state index is 0.945. The molecule has 0 aliphatic rings. The van der Waals surface area contributed by atoms with Crippen LogP contribution in [0.2, 0.25) is 0 Å². The molecule has 7 nitrogen and oxygen atoms in total. The van der Waals surface area contributed by atoms with Gasteiger partial charge >= 0.3 is 15.1 Å². The van der Waals surface area contributed by atoms with E-state index in [-0.39, 0.29) is 0 Å². The number of hydrogen-bond donors (Lipinski definition) is 5. The average molecular weight is 174 g/mol. The van der Waals surface area contributed by atoms with E-state index in [1.807, 2.05) is 0 Å². The summed E-state index contributed by atoms with van der Waals surface area (Å²) < 4.78 is 13.1. The highest BCUT2D eigenvalue weighted by atomic mass is 31.2. The van der Waals surface area contributed by atoms with Crippen molar-refractivity contribution in [2.75, 3.05) is 7.11 Å². The first-order valence-electron chi connectivity index (χ1n) is 1.95. The van der Waals surface area contributed by atoms with Crippen LogP contribution in [0.25, 0.3) is 0 Å². The maximum Gasteiger partial charge on any atom is 0.631 e. The minimum Gasteiger partial charge on any atom is -0.402 e. The van der Waals surface area contributed by atoms with E-state index in [2.05, 4.69) is 4.52 Å². The lowest BCUT2D eigenvalue weighted by atomic mass is 10.3. The SMILES string of the molecule is COP(=O)(O)O.OB(O)O. The smallest absolute Gasteiger partial charge is 0.402 e. The van der Waals surface area contributed by atoms with Gasteiger partial charge in [0, 0.05) is 7.11 Å². The first-order valence-corrected chi connectivity index (χ1v) is 3.48. The lowest BCUT2D eigenvalue weighted by Gasteiger charge is -1.93. The van der Waals surface area contributed by atoms with Crippen LogP contribution in [0.5, 0.6) is 0 Å². The molecule has 0 unspecified atom stereocenters. The third-order valence-corrected chi connectivity index (χ3v) is 0.714. The number of hydrogen-bond acceptors (Lipinski definition) is 5. The molecule has 0 saturated carbocycles. The zero-order chi connectivity index (χ0) is 8.78. The highest BCUT2D eigenvalue weighted by molar-refractivity contribution is 7.46. The molecule has 0 bridgehead atoms. The molecule has 0 aromatic rings. The van der Waals surface area contributed by atoms with Gasteiger partial charge in [-0.15, -0.1) is 0 Å². The van der Waals surface area contributed by atoms with Crippen LogP contribution in [-0.4, -0.2) is 39.3 Å². The van der Waals surface area contributed by atoms with Crippen molar-refractivity contribution in [3.63, 3.8) is 0 Å². The summed E-state index contributed by atoms with van der Waals surface area (Å²) in [7, 11) is -5.37. The predicted molar refractivity (Wildman–Crippen MR) is 31.5 cm³/mol. The molecule has 0 spiro atoms.